The summed E-state index contributed by atoms with van der Waals surface area (Å²) in [6.45, 7) is 0.504. The van der Waals surface area contributed by atoms with E-state index in [1.807, 2.05) is 43.3 Å². The van der Waals surface area contributed by atoms with Crippen LogP contribution >= 0.6 is 0 Å². The Kier molecular flexibility index (Phi) is 7.28. The molecule has 1 heterocycles. The first kappa shape index (κ1) is 22.3. The van der Waals surface area contributed by atoms with Crippen molar-refractivity contribution in [3.05, 3.63) is 89.9 Å². The van der Waals surface area contributed by atoms with Crippen LogP contribution in [-0.2, 0) is 27.9 Å². The number of carbonyl (C=O) groups is 1. The first-order valence-corrected chi connectivity index (χ1v) is 11.2. The molecule has 1 aromatic heterocycles. The molecule has 2 N–H and O–H groups in total. The molecule has 0 aliphatic carbocycles. The summed E-state index contributed by atoms with van der Waals surface area (Å²) in [7, 11) is 0.298. The molecule has 0 aliphatic heterocycles. The standard InChI is InChI=1S/C23H25N3O4S/c1-26(2)20-10-5-19(6-11-20)16-24-23(27)14-9-18-7-12-22(13-8-18)31(28,29)25-17-21-4-3-15-30-21/h3-15,25H,16-17H2,1-2H3,(H,24,27)/b14-9+. The zero-order valence-electron chi connectivity index (χ0n) is 17.4. The van der Waals surface area contributed by atoms with Gasteiger partial charge in [-0.2, -0.15) is 0 Å². The minimum Gasteiger partial charge on any atom is -0.468 e. The summed E-state index contributed by atoms with van der Waals surface area (Å²) in [4.78, 5) is 14.2. The lowest BCUT2D eigenvalue weighted by molar-refractivity contribution is -0.116. The third kappa shape index (κ3) is 6.56. The molecule has 8 heteroatoms. The Morgan fingerprint density at radius 2 is 1.71 bits per heavy atom. The van der Waals surface area contributed by atoms with Crippen LogP contribution in [-0.4, -0.2) is 28.4 Å². The number of anilines is 1. The predicted octanol–water partition coefficient (Wildman–Crippen LogP) is 3.15. The van der Waals surface area contributed by atoms with Gasteiger partial charge in [0.1, 0.15) is 5.76 Å². The minimum atomic E-state index is -3.65. The van der Waals surface area contributed by atoms with E-state index < -0.39 is 10.0 Å². The maximum absolute atomic E-state index is 12.3. The fourth-order valence-electron chi connectivity index (χ4n) is 2.75. The van der Waals surface area contributed by atoms with E-state index in [9.17, 15) is 13.2 Å². The van der Waals surface area contributed by atoms with E-state index in [4.69, 9.17) is 4.42 Å². The van der Waals surface area contributed by atoms with Crippen LogP contribution in [0.1, 0.15) is 16.9 Å². The van der Waals surface area contributed by atoms with Gasteiger partial charge in [-0.3, -0.25) is 4.79 Å². The summed E-state index contributed by atoms with van der Waals surface area (Å²) in [6.07, 6.45) is 4.55. The Bertz CT molecular complexity index is 1120. The summed E-state index contributed by atoms with van der Waals surface area (Å²) in [5, 5.41) is 2.83. The molecule has 1 amide bonds. The van der Waals surface area contributed by atoms with Gasteiger partial charge in [-0.1, -0.05) is 24.3 Å². The molecule has 0 spiro atoms. The number of rotatable bonds is 9. The maximum Gasteiger partial charge on any atom is 0.244 e. The Morgan fingerprint density at radius 1 is 1.00 bits per heavy atom. The first-order valence-electron chi connectivity index (χ1n) is 9.68. The van der Waals surface area contributed by atoms with Crippen molar-refractivity contribution in [1.29, 1.82) is 0 Å². The number of hydrogen-bond donors (Lipinski definition) is 2. The number of hydrogen-bond acceptors (Lipinski definition) is 5. The van der Waals surface area contributed by atoms with Crippen molar-refractivity contribution in [2.24, 2.45) is 0 Å². The molecular weight excluding hydrogens is 414 g/mol. The highest BCUT2D eigenvalue weighted by atomic mass is 32.2. The van der Waals surface area contributed by atoms with Crippen molar-refractivity contribution >= 4 is 27.7 Å². The molecule has 7 nitrogen and oxygen atoms in total. The number of amides is 1. The van der Waals surface area contributed by atoms with Crippen molar-refractivity contribution in [3.8, 4) is 0 Å². The first-order chi connectivity index (χ1) is 14.8. The largest absolute Gasteiger partial charge is 0.468 e. The van der Waals surface area contributed by atoms with Crippen LogP contribution < -0.4 is 14.9 Å². The van der Waals surface area contributed by atoms with E-state index in [0.717, 1.165) is 16.8 Å². The van der Waals surface area contributed by atoms with Gasteiger partial charge in [0.05, 0.1) is 17.7 Å². The second-order valence-corrected chi connectivity index (χ2v) is 8.85. The highest BCUT2D eigenvalue weighted by Crippen LogP contribution is 2.13. The second kappa shape index (κ2) is 10.1. The van der Waals surface area contributed by atoms with Crippen molar-refractivity contribution in [1.82, 2.24) is 10.0 Å². The van der Waals surface area contributed by atoms with E-state index in [0.29, 0.717) is 12.3 Å². The van der Waals surface area contributed by atoms with E-state index in [-0.39, 0.29) is 17.3 Å². The van der Waals surface area contributed by atoms with Gasteiger partial charge in [0.25, 0.3) is 0 Å². The molecule has 0 atom stereocenters. The lowest BCUT2D eigenvalue weighted by Gasteiger charge is -2.12. The van der Waals surface area contributed by atoms with Gasteiger partial charge in [-0.15, -0.1) is 0 Å². The Balaban J connectivity index is 1.51. The number of sulfonamides is 1. The van der Waals surface area contributed by atoms with E-state index in [2.05, 4.69) is 10.0 Å². The molecular formula is C23H25N3O4S. The fraction of sp³-hybridized carbons (Fsp3) is 0.174. The predicted molar refractivity (Wildman–Crippen MR) is 121 cm³/mol. The van der Waals surface area contributed by atoms with E-state index in [1.54, 1.807) is 30.3 Å². The minimum absolute atomic E-state index is 0.0784. The average molecular weight is 440 g/mol. The molecule has 0 unspecified atom stereocenters. The van der Waals surface area contributed by atoms with Crippen LogP contribution in [0.15, 0.2) is 82.3 Å². The molecule has 0 aliphatic rings. The van der Waals surface area contributed by atoms with Crippen molar-refractivity contribution in [2.45, 2.75) is 18.0 Å². The molecule has 0 bridgehead atoms. The van der Waals surface area contributed by atoms with Crippen LogP contribution in [0.5, 0.6) is 0 Å². The summed E-state index contributed by atoms with van der Waals surface area (Å²) in [5.74, 6) is 0.302. The quantitative estimate of drug-likeness (QED) is 0.500. The monoisotopic (exact) mass is 439 g/mol. The molecule has 0 fully saturated rings. The van der Waals surface area contributed by atoms with Crippen LogP contribution in [0, 0.1) is 0 Å². The number of carbonyl (C=O) groups excluding carboxylic acids is 1. The third-order valence-electron chi connectivity index (χ3n) is 4.55. The molecule has 31 heavy (non-hydrogen) atoms. The zero-order valence-corrected chi connectivity index (χ0v) is 18.2. The molecule has 2 aromatic carbocycles. The van der Waals surface area contributed by atoms with Crippen LogP contribution in [0.3, 0.4) is 0 Å². The number of benzene rings is 2. The number of nitrogens with one attached hydrogen (secondary N) is 2. The summed E-state index contributed by atoms with van der Waals surface area (Å²) < 4.78 is 32.3. The van der Waals surface area contributed by atoms with Gasteiger partial charge in [-0.05, 0) is 53.6 Å². The van der Waals surface area contributed by atoms with Crippen LogP contribution in [0.2, 0.25) is 0 Å². The Morgan fingerprint density at radius 3 is 2.32 bits per heavy atom. The Labute approximate surface area is 182 Å². The molecule has 162 valence electrons. The lowest BCUT2D eigenvalue weighted by atomic mass is 10.2. The second-order valence-electron chi connectivity index (χ2n) is 7.08. The van der Waals surface area contributed by atoms with Crippen molar-refractivity contribution < 1.29 is 17.6 Å². The zero-order chi connectivity index (χ0) is 22.3. The third-order valence-corrected chi connectivity index (χ3v) is 5.97. The van der Waals surface area contributed by atoms with Crippen molar-refractivity contribution in [3.63, 3.8) is 0 Å². The highest BCUT2D eigenvalue weighted by molar-refractivity contribution is 7.89. The van der Waals surface area contributed by atoms with E-state index in [1.165, 1.54) is 24.5 Å². The van der Waals surface area contributed by atoms with Gasteiger partial charge in [-0.25, -0.2) is 13.1 Å². The van der Waals surface area contributed by atoms with E-state index >= 15 is 0 Å². The number of furan rings is 1. The highest BCUT2D eigenvalue weighted by Gasteiger charge is 2.13. The normalized spacial score (nSPS) is 11.5. The molecule has 3 rings (SSSR count). The molecule has 0 saturated heterocycles. The van der Waals surface area contributed by atoms with Crippen molar-refractivity contribution in [2.75, 3.05) is 19.0 Å². The summed E-state index contributed by atoms with van der Waals surface area (Å²) in [6, 6.07) is 17.6. The number of nitrogens with zero attached hydrogens (tertiary/aromatic N) is 1. The molecule has 0 saturated carbocycles. The van der Waals surface area contributed by atoms with Crippen LogP contribution in [0.25, 0.3) is 6.08 Å². The SMILES string of the molecule is CN(C)c1ccc(CNC(=O)/C=C/c2ccc(S(=O)(=O)NCc3ccco3)cc2)cc1. The van der Waals surface area contributed by atoms with Gasteiger partial charge < -0.3 is 14.6 Å². The average Bonchev–Trinajstić information content (AvgIpc) is 3.29. The van der Waals surface area contributed by atoms with Crippen LogP contribution in [0.4, 0.5) is 5.69 Å². The molecule has 3 aromatic rings. The smallest absolute Gasteiger partial charge is 0.244 e. The maximum atomic E-state index is 12.3. The summed E-state index contributed by atoms with van der Waals surface area (Å²) in [5.41, 5.74) is 2.82. The van der Waals surface area contributed by atoms with Gasteiger partial charge in [0.15, 0.2) is 0 Å². The Hall–Kier alpha value is -3.36. The van der Waals surface area contributed by atoms with Gasteiger partial charge >= 0.3 is 0 Å². The fourth-order valence-corrected chi connectivity index (χ4v) is 3.75. The summed E-state index contributed by atoms with van der Waals surface area (Å²) >= 11 is 0. The van der Waals surface area contributed by atoms with Gasteiger partial charge in [0, 0.05) is 32.4 Å². The van der Waals surface area contributed by atoms with Gasteiger partial charge in [0.2, 0.25) is 15.9 Å². The lowest BCUT2D eigenvalue weighted by Crippen LogP contribution is -2.22. The molecule has 0 radical (unpaired) electrons. The topological polar surface area (TPSA) is 91.7 Å².